The lowest BCUT2D eigenvalue weighted by Gasteiger charge is -2.46. The van der Waals surface area contributed by atoms with Crippen molar-refractivity contribution in [3.05, 3.63) is 131 Å². The number of nitrogens with zero attached hydrogens (tertiary/aromatic N) is 1. The molecule has 4 aromatic rings. The number of benzene rings is 4. The molecule has 1 atom stereocenters. The molecule has 4 rings (SSSR count). The Morgan fingerprint density at radius 3 is 1.50 bits per heavy atom. The molecule has 5 heteroatoms. The molecule has 0 radical (unpaired) electrons. The van der Waals surface area contributed by atoms with Crippen molar-refractivity contribution >= 4 is 18.5 Å². The molecule has 0 fully saturated rings. The van der Waals surface area contributed by atoms with E-state index in [4.69, 9.17) is 0 Å². The summed E-state index contributed by atoms with van der Waals surface area (Å²) in [5, 5.41) is 2.39. The van der Waals surface area contributed by atoms with Gasteiger partial charge in [0, 0.05) is 12.1 Å². The van der Waals surface area contributed by atoms with Gasteiger partial charge in [0.15, 0.2) is 0 Å². The fraction of sp³-hybridized carbons (Fsp3) is 0.273. The Morgan fingerprint density at radius 1 is 0.684 bits per heavy atom. The number of halogens is 3. The highest BCUT2D eigenvalue weighted by Gasteiger charge is 2.40. The molecule has 0 bridgehead atoms. The van der Waals surface area contributed by atoms with E-state index in [1.807, 2.05) is 44.2 Å². The summed E-state index contributed by atoms with van der Waals surface area (Å²) in [6.07, 6.45) is -4.39. The second kappa shape index (κ2) is 11.4. The number of hydrogen-bond donors (Lipinski definition) is 0. The molecule has 1 unspecified atom stereocenters. The zero-order chi connectivity index (χ0) is 27.5. The lowest BCUT2D eigenvalue weighted by Crippen LogP contribution is -2.45. The molecule has 4 aromatic carbocycles. The van der Waals surface area contributed by atoms with Crippen molar-refractivity contribution in [1.82, 2.24) is 4.90 Å². The molecule has 0 saturated heterocycles. The first kappa shape index (κ1) is 28.1. The van der Waals surface area contributed by atoms with Gasteiger partial charge >= 0.3 is 6.18 Å². The molecule has 0 N–H and O–H groups in total. The molecule has 1 nitrogen and oxygen atoms in total. The van der Waals surface area contributed by atoms with Gasteiger partial charge in [-0.05, 0) is 87.5 Å². The second-order valence-electron chi connectivity index (χ2n) is 10.7. The van der Waals surface area contributed by atoms with Gasteiger partial charge in [-0.15, -0.1) is 0 Å². The van der Waals surface area contributed by atoms with Crippen LogP contribution in [0.3, 0.4) is 0 Å². The van der Waals surface area contributed by atoms with Crippen LogP contribution in [-0.2, 0) is 12.7 Å². The van der Waals surface area contributed by atoms with E-state index in [1.165, 1.54) is 28.3 Å². The van der Waals surface area contributed by atoms with E-state index in [-0.39, 0.29) is 11.3 Å². The minimum atomic E-state index is -4.39. The predicted molar refractivity (Wildman–Crippen MR) is 154 cm³/mol. The van der Waals surface area contributed by atoms with Gasteiger partial charge < -0.3 is 0 Å². The summed E-state index contributed by atoms with van der Waals surface area (Å²) in [5.74, 6) is -0.155. The molecule has 0 aromatic heterocycles. The van der Waals surface area contributed by atoms with Crippen LogP contribution in [0, 0.1) is 13.8 Å². The summed E-state index contributed by atoms with van der Waals surface area (Å²) >= 11 is 0. The highest BCUT2D eigenvalue weighted by Crippen LogP contribution is 2.55. The number of rotatable bonds is 7. The van der Waals surface area contributed by atoms with E-state index >= 15 is 0 Å². The molecule has 0 aliphatic heterocycles. The smallest absolute Gasteiger partial charge is 0.283 e. The predicted octanol–water partition coefficient (Wildman–Crippen LogP) is 8.75. The fourth-order valence-electron chi connectivity index (χ4n) is 5.05. The van der Waals surface area contributed by atoms with Crippen molar-refractivity contribution in [3.63, 3.8) is 0 Å². The van der Waals surface area contributed by atoms with Crippen molar-refractivity contribution < 1.29 is 13.2 Å². The maximum absolute atomic E-state index is 13.8. The molecule has 0 spiro atoms. The van der Waals surface area contributed by atoms with Gasteiger partial charge in [-0.1, -0.05) is 91.0 Å². The average Bonchev–Trinajstić information content (AvgIpc) is 2.87. The van der Waals surface area contributed by atoms with Crippen LogP contribution in [0.15, 0.2) is 103 Å². The van der Waals surface area contributed by atoms with Crippen LogP contribution in [0.4, 0.5) is 13.2 Å². The van der Waals surface area contributed by atoms with Crippen LogP contribution in [0.5, 0.6) is 0 Å². The van der Waals surface area contributed by atoms with Crippen molar-refractivity contribution in [3.8, 4) is 0 Å². The van der Waals surface area contributed by atoms with Crippen molar-refractivity contribution in [2.75, 3.05) is 0 Å². The van der Waals surface area contributed by atoms with Gasteiger partial charge in [0.05, 0.1) is 11.3 Å². The molecule has 38 heavy (non-hydrogen) atoms. The molecule has 0 aliphatic rings. The third-order valence-electron chi connectivity index (χ3n) is 6.85. The van der Waals surface area contributed by atoms with E-state index in [9.17, 15) is 13.2 Å². The summed E-state index contributed by atoms with van der Waals surface area (Å²) in [6, 6.07) is 33.8. The Bertz CT molecular complexity index is 1270. The Labute approximate surface area is 226 Å². The standard InChI is InChI=1S/C33H35F3NP/c1-24-21-27(33(34,35)36)22-25(2)30(24)31(37(32(3,4)5)23-26-15-9-6-10-16-26)38(28-17-11-7-12-18-28)29-19-13-8-14-20-29/h6-22,31H,23H2,1-5H3. The minimum absolute atomic E-state index is 0.155. The molecule has 0 aliphatic carbocycles. The number of alkyl halides is 3. The Kier molecular flexibility index (Phi) is 8.45. The highest BCUT2D eigenvalue weighted by molar-refractivity contribution is 7.73. The molecule has 198 valence electrons. The van der Waals surface area contributed by atoms with Gasteiger partial charge in [-0.3, -0.25) is 4.90 Å². The lowest BCUT2D eigenvalue weighted by atomic mass is 9.95. The van der Waals surface area contributed by atoms with Crippen LogP contribution < -0.4 is 10.6 Å². The van der Waals surface area contributed by atoms with Gasteiger partial charge in [0.2, 0.25) is 0 Å². The van der Waals surface area contributed by atoms with Crippen molar-refractivity contribution in [2.45, 2.75) is 58.7 Å². The third-order valence-corrected chi connectivity index (χ3v) is 9.58. The zero-order valence-electron chi connectivity index (χ0n) is 22.6. The minimum Gasteiger partial charge on any atom is -0.283 e. The molecule has 0 heterocycles. The van der Waals surface area contributed by atoms with Gasteiger partial charge in [0.25, 0.3) is 0 Å². The van der Waals surface area contributed by atoms with Gasteiger partial charge in [0.1, 0.15) is 0 Å². The van der Waals surface area contributed by atoms with Gasteiger partial charge in [-0.2, -0.15) is 13.2 Å². The van der Waals surface area contributed by atoms with Crippen molar-refractivity contribution in [2.24, 2.45) is 0 Å². The monoisotopic (exact) mass is 533 g/mol. The fourth-order valence-corrected chi connectivity index (χ4v) is 8.27. The first-order chi connectivity index (χ1) is 18.0. The third kappa shape index (κ3) is 6.37. The van der Waals surface area contributed by atoms with Crippen LogP contribution in [0.25, 0.3) is 0 Å². The van der Waals surface area contributed by atoms with Crippen molar-refractivity contribution in [1.29, 1.82) is 0 Å². The van der Waals surface area contributed by atoms with E-state index in [0.717, 1.165) is 5.56 Å². The number of hydrogen-bond acceptors (Lipinski definition) is 1. The summed E-state index contributed by atoms with van der Waals surface area (Å²) < 4.78 is 41.4. The molecular weight excluding hydrogens is 498 g/mol. The molecule has 0 saturated carbocycles. The SMILES string of the molecule is Cc1cc(C(F)(F)F)cc(C)c1C(N(Cc1ccccc1)C(C)(C)C)P(c1ccccc1)c1ccccc1. The van der Waals surface area contributed by atoms with E-state index in [0.29, 0.717) is 17.7 Å². The highest BCUT2D eigenvalue weighted by atomic mass is 31.1. The number of aryl methyl sites for hydroxylation is 2. The second-order valence-corrected chi connectivity index (χ2v) is 13.0. The Hall–Kier alpha value is -2.94. The average molecular weight is 534 g/mol. The summed E-state index contributed by atoms with van der Waals surface area (Å²) in [7, 11) is -1.02. The first-order valence-electron chi connectivity index (χ1n) is 12.8. The topological polar surface area (TPSA) is 3.24 Å². The Balaban J connectivity index is 2.03. The summed E-state index contributed by atoms with van der Waals surface area (Å²) in [6.45, 7) is 10.9. The normalized spacial score (nSPS) is 13.2. The maximum Gasteiger partial charge on any atom is 0.416 e. The lowest BCUT2D eigenvalue weighted by molar-refractivity contribution is -0.137. The molecular formula is C33H35F3NP. The Morgan fingerprint density at radius 2 is 1.11 bits per heavy atom. The van der Waals surface area contributed by atoms with Crippen LogP contribution >= 0.6 is 7.92 Å². The first-order valence-corrected chi connectivity index (χ1v) is 14.3. The summed E-state index contributed by atoms with van der Waals surface area (Å²) in [5.41, 5.74) is 2.62. The van der Waals surface area contributed by atoms with Gasteiger partial charge in [-0.25, -0.2) is 0 Å². The largest absolute Gasteiger partial charge is 0.416 e. The van der Waals surface area contributed by atoms with Crippen LogP contribution in [0.2, 0.25) is 0 Å². The van der Waals surface area contributed by atoms with E-state index in [1.54, 1.807) is 0 Å². The van der Waals surface area contributed by atoms with Crippen LogP contribution in [0.1, 0.15) is 54.4 Å². The van der Waals surface area contributed by atoms with E-state index in [2.05, 4.69) is 86.3 Å². The zero-order valence-corrected chi connectivity index (χ0v) is 23.5. The van der Waals surface area contributed by atoms with Crippen LogP contribution in [-0.4, -0.2) is 10.4 Å². The van der Waals surface area contributed by atoms with E-state index < -0.39 is 19.7 Å². The summed E-state index contributed by atoms with van der Waals surface area (Å²) in [4.78, 5) is 2.48. The quantitative estimate of drug-likeness (QED) is 0.215. The maximum atomic E-state index is 13.8. The molecule has 0 amide bonds.